The summed E-state index contributed by atoms with van der Waals surface area (Å²) in [6, 6.07) is -0.101. The molecule has 0 bridgehead atoms. The van der Waals surface area contributed by atoms with Gasteiger partial charge < -0.3 is 10.4 Å². The summed E-state index contributed by atoms with van der Waals surface area (Å²) < 4.78 is 0. The number of carbonyl (C=O) groups excluding carboxylic acids is 1. The number of aliphatic carboxylic acids is 1. The van der Waals surface area contributed by atoms with E-state index in [1.54, 1.807) is 0 Å². The van der Waals surface area contributed by atoms with Crippen molar-refractivity contribution >= 4 is 11.9 Å². The van der Waals surface area contributed by atoms with Crippen molar-refractivity contribution in [3.63, 3.8) is 0 Å². The van der Waals surface area contributed by atoms with Crippen molar-refractivity contribution < 1.29 is 14.7 Å². The molecule has 0 radical (unpaired) electrons. The molecule has 1 atom stereocenters. The van der Waals surface area contributed by atoms with Crippen LogP contribution in [0.15, 0.2) is 0 Å². The van der Waals surface area contributed by atoms with Crippen LogP contribution in [-0.2, 0) is 9.59 Å². The van der Waals surface area contributed by atoms with E-state index in [9.17, 15) is 14.7 Å². The van der Waals surface area contributed by atoms with Gasteiger partial charge in [0, 0.05) is 19.0 Å². The van der Waals surface area contributed by atoms with Crippen LogP contribution >= 0.6 is 0 Å². The maximum Gasteiger partial charge on any atom is 0.321 e. The van der Waals surface area contributed by atoms with Crippen LogP contribution in [0.4, 0.5) is 0 Å². The molecule has 2 N–H and O–H groups in total. The summed E-state index contributed by atoms with van der Waals surface area (Å²) >= 11 is 0. The molecule has 0 spiro atoms. The molecular formula is C14H24N2O3. The van der Waals surface area contributed by atoms with Crippen LogP contribution in [0.3, 0.4) is 0 Å². The second-order valence-electron chi connectivity index (χ2n) is 6.46. The number of rotatable bonds is 5. The Balaban J connectivity index is 1.89. The molecule has 1 unspecified atom stereocenters. The zero-order valence-corrected chi connectivity index (χ0v) is 11.8. The minimum atomic E-state index is -0.771. The van der Waals surface area contributed by atoms with Gasteiger partial charge in [0.1, 0.15) is 6.04 Å². The van der Waals surface area contributed by atoms with E-state index in [0.717, 1.165) is 32.2 Å². The van der Waals surface area contributed by atoms with Crippen molar-refractivity contribution in [3.8, 4) is 0 Å². The molecule has 2 aliphatic rings. The summed E-state index contributed by atoms with van der Waals surface area (Å²) in [5.74, 6) is -0.720. The number of hydrogen-bond acceptors (Lipinski definition) is 3. The van der Waals surface area contributed by atoms with Crippen LogP contribution in [0, 0.1) is 5.41 Å². The molecule has 108 valence electrons. The van der Waals surface area contributed by atoms with Gasteiger partial charge in [-0.1, -0.05) is 13.8 Å². The molecule has 1 heterocycles. The topological polar surface area (TPSA) is 69.6 Å². The summed E-state index contributed by atoms with van der Waals surface area (Å²) in [5.41, 5.74) is -0.225. The number of piperidine rings is 1. The highest BCUT2D eigenvalue weighted by molar-refractivity contribution is 5.77. The van der Waals surface area contributed by atoms with Crippen LogP contribution in [-0.4, -0.2) is 47.1 Å². The van der Waals surface area contributed by atoms with Gasteiger partial charge in [-0.05, 0) is 37.6 Å². The van der Waals surface area contributed by atoms with E-state index in [0.29, 0.717) is 19.0 Å². The summed E-state index contributed by atoms with van der Waals surface area (Å²) in [5, 5.41) is 12.4. The summed E-state index contributed by atoms with van der Waals surface area (Å²) in [6.45, 7) is 5.32. The molecule has 0 aromatic rings. The smallest absolute Gasteiger partial charge is 0.321 e. The van der Waals surface area contributed by atoms with Crippen molar-refractivity contribution in [1.82, 2.24) is 10.2 Å². The van der Waals surface area contributed by atoms with Crippen LogP contribution in [0.2, 0.25) is 0 Å². The average Bonchev–Trinajstić information content (AvgIpc) is 3.08. The highest BCUT2D eigenvalue weighted by Crippen LogP contribution is 2.35. The van der Waals surface area contributed by atoms with Crippen molar-refractivity contribution in [3.05, 3.63) is 0 Å². The SMILES string of the molecule is CC1(C)CCCN(CCC(=O)NC2CC2)C1C(=O)O. The van der Waals surface area contributed by atoms with E-state index in [-0.39, 0.29) is 11.3 Å². The van der Waals surface area contributed by atoms with Crippen LogP contribution < -0.4 is 5.32 Å². The fourth-order valence-corrected chi connectivity index (χ4v) is 3.00. The normalized spacial score (nSPS) is 26.9. The first-order valence-corrected chi connectivity index (χ1v) is 7.16. The Morgan fingerprint density at radius 2 is 2.05 bits per heavy atom. The molecule has 5 heteroatoms. The number of carboxylic acid groups (broad SMARTS) is 1. The van der Waals surface area contributed by atoms with E-state index >= 15 is 0 Å². The molecule has 1 saturated heterocycles. The average molecular weight is 268 g/mol. The number of hydrogen-bond donors (Lipinski definition) is 2. The van der Waals surface area contributed by atoms with E-state index in [1.165, 1.54) is 0 Å². The third-order valence-electron chi connectivity index (χ3n) is 4.17. The minimum absolute atomic E-state index is 0.0509. The van der Waals surface area contributed by atoms with Crippen molar-refractivity contribution in [2.45, 2.75) is 58.0 Å². The molecule has 2 rings (SSSR count). The molecule has 0 aromatic heterocycles. The van der Waals surface area contributed by atoms with Crippen molar-refractivity contribution in [1.29, 1.82) is 0 Å². The molecule has 5 nitrogen and oxygen atoms in total. The number of carbonyl (C=O) groups is 2. The molecule has 1 aliphatic heterocycles. The highest BCUT2D eigenvalue weighted by Gasteiger charge is 2.42. The second-order valence-corrected chi connectivity index (χ2v) is 6.46. The molecule has 1 aliphatic carbocycles. The molecule has 19 heavy (non-hydrogen) atoms. The zero-order valence-electron chi connectivity index (χ0n) is 11.8. The fraction of sp³-hybridized carbons (Fsp3) is 0.857. The molecular weight excluding hydrogens is 244 g/mol. The third-order valence-corrected chi connectivity index (χ3v) is 4.17. The molecule has 1 saturated carbocycles. The van der Waals surface area contributed by atoms with Gasteiger partial charge in [0.15, 0.2) is 0 Å². The summed E-state index contributed by atoms with van der Waals surface area (Å²) in [7, 11) is 0. The van der Waals surface area contributed by atoms with Gasteiger partial charge in [-0.25, -0.2) is 0 Å². The van der Waals surface area contributed by atoms with Gasteiger partial charge in [-0.3, -0.25) is 14.5 Å². The van der Waals surface area contributed by atoms with Gasteiger partial charge in [0.05, 0.1) is 0 Å². The maximum absolute atomic E-state index is 11.7. The zero-order chi connectivity index (χ0) is 14.0. The van der Waals surface area contributed by atoms with E-state index in [2.05, 4.69) is 5.32 Å². The first kappa shape index (κ1) is 14.3. The Morgan fingerprint density at radius 1 is 1.37 bits per heavy atom. The lowest BCUT2D eigenvalue weighted by atomic mass is 9.76. The summed E-state index contributed by atoms with van der Waals surface area (Å²) in [6.07, 6.45) is 4.49. The Kier molecular flexibility index (Phi) is 4.13. The Morgan fingerprint density at radius 3 is 2.63 bits per heavy atom. The largest absolute Gasteiger partial charge is 0.480 e. The lowest BCUT2D eigenvalue weighted by molar-refractivity contribution is -0.151. The molecule has 2 fully saturated rings. The number of likely N-dealkylation sites (tertiary alicyclic amines) is 1. The van der Waals surface area contributed by atoms with E-state index < -0.39 is 12.0 Å². The van der Waals surface area contributed by atoms with Crippen LogP contribution in [0.25, 0.3) is 0 Å². The predicted octanol–water partition coefficient (Wildman–Crippen LogP) is 1.23. The minimum Gasteiger partial charge on any atom is -0.480 e. The van der Waals surface area contributed by atoms with Crippen molar-refractivity contribution in [2.24, 2.45) is 5.41 Å². The van der Waals surface area contributed by atoms with Gasteiger partial charge in [-0.2, -0.15) is 0 Å². The Bertz CT molecular complexity index is 364. The van der Waals surface area contributed by atoms with Crippen LogP contribution in [0.5, 0.6) is 0 Å². The fourth-order valence-electron chi connectivity index (χ4n) is 3.00. The van der Waals surface area contributed by atoms with Crippen LogP contribution in [0.1, 0.15) is 46.0 Å². The van der Waals surface area contributed by atoms with Gasteiger partial charge in [0.2, 0.25) is 5.91 Å². The van der Waals surface area contributed by atoms with E-state index in [1.807, 2.05) is 18.7 Å². The van der Waals surface area contributed by atoms with Crippen molar-refractivity contribution in [2.75, 3.05) is 13.1 Å². The molecule has 1 amide bonds. The predicted molar refractivity (Wildman–Crippen MR) is 71.8 cm³/mol. The number of nitrogens with zero attached hydrogens (tertiary/aromatic N) is 1. The lowest BCUT2D eigenvalue weighted by Gasteiger charge is -2.44. The Labute approximate surface area is 114 Å². The monoisotopic (exact) mass is 268 g/mol. The lowest BCUT2D eigenvalue weighted by Crippen LogP contribution is -2.54. The van der Waals surface area contributed by atoms with E-state index in [4.69, 9.17) is 0 Å². The maximum atomic E-state index is 11.7. The number of nitrogens with one attached hydrogen (secondary N) is 1. The first-order valence-electron chi connectivity index (χ1n) is 7.16. The standard InChI is InChI=1S/C14H24N2O3/c1-14(2)7-3-8-16(12(14)13(18)19)9-6-11(17)15-10-4-5-10/h10,12H,3-9H2,1-2H3,(H,15,17)(H,18,19). The highest BCUT2D eigenvalue weighted by atomic mass is 16.4. The number of carboxylic acids is 1. The third kappa shape index (κ3) is 3.69. The van der Waals surface area contributed by atoms with Gasteiger partial charge in [-0.15, -0.1) is 0 Å². The van der Waals surface area contributed by atoms with Gasteiger partial charge in [0.25, 0.3) is 0 Å². The number of amides is 1. The second kappa shape index (κ2) is 5.49. The Hall–Kier alpha value is -1.10. The first-order chi connectivity index (χ1) is 8.90. The van der Waals surface area contributed by atoms with Gasteiger partial charge >= 0.3 is 5.97 Å². The molecule has 0 aromatic carbocycles. The quantitative estimate of drug-likeness (QED) is 0.787. The summed E-state index contributed by atoms with van der Waals surface area (Å²) in [4.78, 5) is 25.1.